The molecule has 1 aliphatic rings. The smallest absolute Gasteiger partial charge is 0.331 e. The molecule has 13 heteroatoms. The van der Waals surface area contributed by atoms with E-state index >= 15 is 0 Å². The third kappa shape index (κ3) is 4.13. The quantitative estimate of drug-likeness (QED) is 0.810. The van der Waals surface area contributed by atoms with Crippen molar-refractivity contribution in [1.29, 1.82) is 0 Å². The first-order chi connectivity index (χ1) is 13.5. The number of fused-ring (bicyclic) bond motifs is 1. The Hall–Kier alpha value is -2.83. The highest BCUT2D eigenvalue weighted by Crippen LogP contribution is 2.37. The minimum absolute atomic E-state index is 0.122. The number of nitrogens with zero attached hydrogens (tertiary/aromatic N) is 6. The standard InChI is InChI=1S/C16H18F3N7O2S/c1-25(2)15(27)22-11-6-5-9(29(4)28)12(21-11)14-20-8-7-10(16(17,18)19)23-24-13(8)26(14)3/h5-6,10H,7H2,1-4H3,(H,21,22,27). The normalized spacial score (nSPS) is 17.0. The maximum absolute atomic E-state index is 13.0. The van der Waals surface area contributed by atoms with Crippen molar-refractivity contribution in [1.82, 2.24) is 19.4 Å². The number of urea groups is 1. The molecule has 3 rings (SSSR count). The van der Waals surface area contributed by atoms with Crippen molar-refractivity contribution in [3.63, 3.8) is 0 Å². The zero-order valence-electron chi connectivity index (χ0n) is 16.0. The van der Waals surface area contributed by atoms with Gasteiger partial charge in [0.1, 0.15) is 11.5 Å². The Morgan fingerprint density at radius 2 is 2.00 bits per heavy atom. The van der Waals surface area contributed by atoms with E-state index in [1.807, 2.05) is 0 Å². The van der Waals surface area contributed by atoms with Crippen LogP contribution < -0.4 is 5.32 Å². The molecule has 0 fully saturated rings. The summed E-state index contributed by atoms with van der Waals surface area (Å²) in [7, 11) is 3.21. The molecular formula is C16H18F3N7O2S. The van der Waals surface area contributed by atoms with Gasteiger partial charge < -0.3 is 9.47 Å². The fraction of sp³-hybridized carbons (Fsp3) is 0.438. The molecule has 0 spiro atoms. The number of anilines is 1. The van der Waals surface area contributed by atoms with E-state index in [-0.39, 0.29) is 28.8 Å². The number of amides is 2. The molecule has 156 valence electrons. The first kappa shape index (κ1) is 20.9. The fourth-order valence-corrected chi connectivity index (χ4v) is 3.35. The van der Waals surface area contributed by atoms with Gasteiger partial charge in [-0.25, -0.2) is 14.8 Å². The van der Waals surface area contributed by atoms with Crippen LogP contribution in [0.2, 0.25) is 0 Å². The molecule has 2 unspecified atom stereocenters. The van der Waals surface area contributed by atoms with Gasteiger partial charge in [0.2, 0.25) is 0 Å². The zero-order chi connectivity index (χ0) is 21.5. The van der Waals surface area contributed by atoms with Gasteiger partial charge in [-0.15, -0.1) is 5.11 Å². The van der Waals surface area contributed by atoms with Gasteiger partial charge in [0.05, 0.1) is 21.4 Å². The van der Waals surface area contributed by atoms with Crippen molar-refractivity contribution >= 4 is 28.5 Å². The van der Waals surface area contributed by atoms with Crippen LogP contribution in [0, 0.1) is 0 Å². The summed E-state index contributed by atoms with van der Waals surface area (Å²) in [6, 6.07) is 0.632. The Kier molecular flexibility index (Phi) is 5.43. The lowest BCUT2D eigenvalue weighted by Gasteiger charge is -2.17. The van der Waals surface area contributed by atoms with E-state index in [4.69, 9.17) is 0 Å². The number of azo groups is 1. The van der Waals surface area contributed by atoms with Crippen molar-refractivity contribution in [3.05, 3.63) is 17.8 Å². The number of nitrogens with one attached hydrogen (secondary N) is 1. The number of hydrogen-bond donors (Lipinski definition) is 1. The largest absolute Gasteiger partial charge is 0.412 e. The average Bonchev–Trinajstić information content (AvgIpc) is 2.96. The van der Waals surface area contributed by atoms with Crippen LogP contribution >= 0.6 is 0 Å². The summed E-state index contributed by atoms with van der Waals surface area (Å²) in [5, 5.41) is 9.60. The number of alkyl halides is 3. The molecule has 0 bridgehead atoms. The summed E-state index contributed by atoms with van der Waals surface area (Å²) in [4.78, 5) is 22.1. The van der Waals surface area contributed by atoms with Gasteiger partial charge in [0.15, 0.2) is 17.7 Å². The fourth-order valence-electron chi connectivity index (χ4n) is 2.68. The lowest BCUT2D eigenvalue weighted by Crippen LogP contribution is -2.30. The number of hydrogen-bond acceptors (Lipinski definition) is 6. The summed E-state index contributed by atoms with van der Waals surface area (Å²) < 4.78 is 52.6. The van der Waals surface area contributed by atoms with Gasteiger partial charge in [-0.05, 0) is 12.1 Å². The van der Waals surface area contributed by atoms with E-state index < -0.39 is 35.5 Å². The van der Waals surface area contributed by atoms with Gasteiger partial charge in [-0.3, -0.25) is 9.53 Å². The van der Waals surface area contributed by atoms with Gasteiger partial charge in [-0.1, -0.05) is 0 Å². The molecule has 2 amide bonds. The second-order valence-electron chi connectivity index (χ2n) is 6.56. The Morgan fingerprint density at radius 1 is 1.31 bits per heavy atom. The molecule has 2 aromatic heterocycles. The summed E-state index contributed by atoms with van der Waals surface area (Å²) in [5.41, 5.74) is 0.301. The van der Waals surface area contributed by atoms with Gasteiger partial charge in [0.25, 0.3) is 0 Å². The lowest BCUT2D eigenvalue weighted by molar-refractivity contribution is -0.148. The molecular weight excluding hydrogens is 411 g/mol. The minimum atomic E-state index is -4.52. The minimum Gasteiger partial charge on any atom is -0.331 e. The number of carbonyl (C=O) groups excluding carboxylic acids is 1. The summed E-state index contributed by atoms with van der Waals surface area (Å²) in [6.45, 7) is 0. The van der Waals surface area contributed by atoms with Crippen molar-refractivity contribution in [2.75, 3.05) is 25.7 Å². The number of carbonyl (C=O) groups is 1. The topological polar surface area (TPSA) is 105 Å². The van der Waals surface area contributed by atoms with E-state index in [2.05, 4.69) is 25.5 Å². The van der Waals surface area contributed by atoms with Crippen LogP contribution in [-0.4, -0.2) is 62.2 Å². The molecule has 2 atom stereocenters. The Balaban J connectivity index is 2.07. The van der Waals surface area contributed by atoms with Crippen molar-refractivity contribution in [3.8, 4) is 11.5 Å². The van der Waals surface area contributed by atoms with Crippen LogP contribution in [0.1, 0.15) is 5.69 Å². The maximum atomic E-state index is 13.0. The predicted molar refractivity (Wildman–Crippen MR) is 99.5 cm³/mol. The Labute approximate surface area is 166 Å². The van der Waals surface area contributed by atoms with Crippen molar-refractivity contribution < 1.29 is 22.2 Å². The summed E-state index contributed by atoms with van der Waals surface area (Å²) in [6.07, 6.45) is -3.53. The van der Waals surface area contributed by atoms with Crippen LogP contribution in [-0.2, 0) is 24.3 Å². The van der Waals surface area contributed by atoms with Gasteiger partial charge in [0, 0.05) is 33.8 Å². The molecule has 3 heterocycles. The van der Waals surface area contributed by atoms with Gasteiger partial charge >= 0.3 is 12.2 Å². The molecule has 1 N–H and O–H groups in total. The third-order valence-corrected chi connectivity index (χ3v) is 5.16. The number of imidazole rings is 1. The van der Waals surface area contributed by atoms with E-state index in [1.54, 1.807) is 21.1 Å². The van der Waals surface area contributed by atoms with Crippen LogP contribution in [0.5, 0.6) is 0 Å². The second kappa shape index (κ2) is 7.54. The Morgan fingerprint density at radius 3 is 2.59 bits per heavy atom. The van der Waals surface area contributed by atoms with Crippen LogP contribution in [0.15, 0.2) is 27.3 Å². The monoisotopic (exact) mass is 429 g/mol. The molecule has 0 aliphatic carbocycles. The number of aromatic nitrogens is 3. The molecule has 0 aromatic carbocycles. The summed E-state index contributed by atoms with van der Waals surface area (Å²) in [5.74, 6) is 0.546. The highest BCUT2D eigenvalue weighted by molar-refractivity contribution is 7.84. The zero-order valence-corrected chi connectivity index (χ0v) is 16.8. The SMILES string of the molecule is CN(C)C(=O)Nc1ccc(S(C)=O)c(-c2nc3c(n2C)N=NC(C(F)(F)F)C3)n1. The van der Waals surface area contributed by atoms with E-state index in [0.717, 1.165) is 0 Å². The molecule has 2 aromatic rings. The highest BCUT2D eigenvalue weighted by atomic mass is 32.2. The first-order valence-corrected chi connectivity index (χ1v) is 9.91. The first-order valence-electron chi connectivity index (χ1n) is 8.35. The highest BCUT2D eigenvalue weighted by Gasteiger charge is 2.43. The number of rotatable bonds is 3. The maximum Gasteiger partial charge on any atom is 0.412 e. The van der Waals surface area contributed by atoms with Crippen molar-refractivity contribution in [2.24, 2.45) is 17.3 Å². The van der Waals surface area contributed by atoms with E-state index in [0.29, 0.717) is 4.90 Å². The lowest BCUT2D eigenvalue weighted by atomic mass is 10.1. The Bertz CT molecular complexity index is 1020. The van der Waals surface area contributed by atoms with E-state index in [1.165, 1.54) is 27.9 Å². The average molecular weight is 429 g/mol. The molecule has 29 heavy (non-hydrogen) atoms. The van der Waals surface area contributed by atoms with Crippen LogP contribution in [0.25, 0.3) is 11.5 Å². The predicted octanol–water partition coefficient (Wildman–Crippen LogP) is 2.88. The second-order valence-corrected chi connectivity index (χ2v) is 7.91. The number of pyridine rings is 1. The third-order valence-electron chi connectivity index (χ3n) is 4.21. The molecule has 0 saturated carbocycles. The van der Waals surface area contributed by atoms with Crippen LogP contribution in [0.4, 0.5) is 29.6 Å². The van der Waals surface area contributed by atoms with Crippen LogP contribution in [0.3, 0.4) is 0 Å². The molecule has 0 radical (unpaired) electrons. The van der Waals surface area contributed by atoms with E-state index in [9.17, 15) is 22.2 Å². The molecule has 1 aliphatic heterocycles. The van der Waals surface area contributed by atoms with Gasteiger partial charge in [-0.2, -0.15) is 18.3 Å². The molecule has 0 saturated heterocycles. The number of halogens is 3. The van der Waals surface area contributed by atoms with Crippen molar-refractivity contribution in [2.45, 2.75) is 23.5 Å². The summed E-state index contributed by atoms with van der Waals surface area (Å²) >= 11 is 0. The molecule has 9 nitrogen and oxygen atoms in total.